The number of benzene rings is 2. The molecule has 0 spiro atoms. The van der Waals surface area contributed by atoms with Gasteiger partial charge >= 0.3 is 12.1 Å². The Morgan fingerprint density at radius 1 is 0.517 bits per heavy atom. The average molecular weight is 1260 g/mol. The molecule has 2 aromatic heterocycles. The quantitative estimate of drug-likeness (QED) is 0.0355. The minimum absolute atomic E-state index is 0.0438. The summed E-state index contributed by atoms with van der Waals surface area (Å²) < 4.78 is 30.6. The summed E-state index contributed by atoms with van der Waals surface area (Å²) in [5.41, 5.74) is 0. The van der Waals surface area contributed by atoms with Gasteiger partial charge < -0.3 is 24.0 Å². The Morgan fingerprint density at radius 2 is 0.921 bits per heavy atom. The van der Waals surface area contributed by atoms with Crippen LogP contribution < -0.4 is 9.80 Å². The predicted octanol–water partition coefficient (Wildman–Crippen LogP) is 11.5. The first-order valence-electron chi connectivity index (χ1n) is 34.3. The van der Waals surface area contributed by atoms with Crippen LogP contribution in [0.4, 0.5) is 16.4 Å². The zero-order chi connectivity index (χ0) is 61.2. The lowest BCUT2D eigenvalue weighted by molar-refractivity contribution is -0.947. The SMILES string of the molecule is CC/C=C/CC(=O)OC[N+]1(CC2CCCCC2CN2C(=O)C3C4CCC(C4)C3C2=O)CCN(c2nsc3ccccc23)CC1.CC/C=C/COC(=O)OC[N+]1(CC2CCCCC2CN2C(=O)C3C4CCC(C4)C3C2=O)CCN(c2nsc3ccccc23)CC1. The van der Waals surface area contributed by atoms with Gasteiger partial charge in [0.05, 0.1) is 105 Å². The van der Waals surface area contributed by atoms with Gasteiger partial charge in [0.1, 0.15) is 6.61 Å². The molecule has 2 aromatic carbocycles. The van der Waals surface area contributed by atoms with Crippen LogP contribution in [-0.4, -0.2) is 162 Å². The number of carbonyl (C=O) groups is 6. The topological polar surface area (TPSA) is 169 Å². The molecule has 0 radical (unpaired) electrons. The van der Waals surface area contributed by atoms with Crippen LogP contribution in [0.3, 0.4) is 0 Å². The smallest absolute Gasteiger partial charge is 0.430 e. The third-order valence-electron chi connectivity index (χ3n) is 23.3. The highest BCUT2D eigenvalue weighted by atomic mass is 32.1. The highest BCUT2D eigenvalue weighted by molar-refractivity contribution is 7.14. The fraction of sp³-hybridized carbons (Fsp3) is 0.657. The Bertz CT molecular complexity index is 3220. The number of ether oxygens (including phenoxy) is 3. The highest BCUT2D eigenvalue weighted by Gasteiger charge is 2.62. The minimum atomic E-state index is -0.629. The van der Waals surface area contributed by atoms with E-state index >= 15 is 0 Å². The van der Waals surface area contributed by atoms with E-state index in [0.717, 1.165) is 178 Å². The maximum Gasteiger partial charge on any atom is 0.512 e. The average Bonchev–Trinajstić information content (AvgIpc) is 1.70. The van der Waals surface area contributed by atoms with Crippen molar-refractivity contribution in [2.24, 2.45) is 71.0 Å². The minimum Gasteiger partial charge on any atom is -0.430 e. The summed E-state index contributed by atoms with van der Waals surface area (Å²) in [6.45, 7) is 14.6. The summed E-state index contributed by atoms with van der Waals surface area (Å²) in [7, 11) is 0. The first kappa shape index (κ1) is 62.1. The lowest BCUT2D eigenvalue weighted by Gasteiger charge is -2.47. The number of imide groups is 2. The third kappa shape index (κ3) is 12.8. The van der Waals surface area contributed by atoms with E-state index in [2.05, 4.69) is 65.3 Å². The molecule has 6 heterocycles. The molecule has 89 heavy (non-hydrogen) atoms. The zero-order valence-electron chi connectivity index (χ0n) is 52.6. The summed E-state index contributed by atoms with van der Waals surface area (Å²) in [5.74, 6) is 5.22. The predicted molar refractivity (Wildman–Crippen MR) is 345 cm³/mol. The number of piperazine rings is 2. The van der Waals surface area contributed by atoms with Gasteiger partial charge in [-0.1, -0.05) is 88.1 Å². The van der Waals surface area contributed by atoms with Crippen molar-refractivity contribution in [1.29, 1.82) is 0 Å². The first-order valence-corrected chi connectivity index (χ1v) is 35.8. The van der Waals surface area contributed by atoms with E-state index in [-0.39, 0.29) is 72.5 Å². The van der Waals surface area contributed by atoms with Crippen LogP contribution in [0.25, 0.3) is 20.2 Å². The maximum absolute atomic E-state index is 13.6. The Labute approximate surface area is 533 Å². The molecular weight excluding hydrogens is 1160 g/mol. The van der Waals surface area contributed by atoms with E-state index in [4.69, 9.17) is 23.0 Å². The Balaban J connectivity index is 0.000000164. The van der Waals surface area contributed by atoms with Crippen molar-refractivity contribution in [1.82, 2.24) is 18.5 Å². The number of carbonyl (C=O) groups excluding carboxylic acids is 6. The summed E-state index contributed by atoms with van der Waals surface area (Å²) in [5, 5.41) is 2.39. The second kappa shape index (κ2) is 27.2. The number of hydrogen-bond acceptors (Lipinski definition) is 15. The van der Waals surface area contributed by atoms with E-state index in [0.29, 0.717) is 72.1 Å². The first-order chi connectivity index (χ1) is 43.4. The number of likely N-dealkylation sites (tertiary alicyclic amines) is 2. The second-order valence-corrected chi connectivity index (χ2v) is 29.9. The molecule has 4 amide bonds. The van der Waals surface area contributed by atoms with Crippen molar-refractivity contribution in [2.75, 3.05) is 108 Å². The summed E-state index contributed by atoms with van der Waals surface area (Å²) in [4.78, 5) is 87.8. The molecule has 6 saturated carbocycles. The number of aromatic nitrogens is 2. The molecule has 4 aromatic rings. The molecule has 10 aliphatic rings. The van der Waals surface area contributed by atoms with E-state index in [1.165, 1.54) is 38.1 Å². The summed E-state index contributed by atoms with van der Waals surface area (Å²) in [6, 6.07) is 16.8. The van der Waals surface area contributed by atoms with Crippen LogP contribution in [0, 0.1) is 71.0 Å². The van der Waals surface area contributed by atoms with Gasteiger partial charge in [-0.25, -0.2) is 4.79 Å². The van der Waals surface area contributed by atoms with Gasteiger partial charge in [-0.3, -0.25) is 42.7 Å². The third-order valence-corrected chi connectivity index (χ3v) is 24.9. The number of esters is 1. The van der Waals surface area contributed by atoms with Gasteiger partial charge in [-0.15, -0.1) is 0 Å². The van der Waals surface area contributed by atoms with E-state index in [1.54, 1.807) is 21.3 Å². The Morgan fingerprint density at radius 3 is 1.36 bits per heavy atom. The van der Waals surface area contributed by atoms with Crippen molar-refractivity contribution >= 4 is 90.6 Å². The molecule has 478 valence electrons. The molecule has 19 heteroatoms. The van der Waals surface area contributed by atoms with Crippen molar-refractivity contribution in [3.05, 3.63) is 72.8 Å². The zero-order valence-corrected chi connectivity index (χ0v) is 54.2. The van der Waals surface area contributed by atoms with Crippen LogP contribution in [0.5, 0.6) is 0 Å². The van der Waals surface area contributed by atoms with Crippen molar-refractivity contribution in [3.8, 4) is 0 Å². The van der Waals surface area contributed by atoms with Crippen LogP contribution in [0.15, 0.2) is 72.8 Å². The number of amides is 4. The molecule has 0 N–H and O–H groups in total. The van der Waals surface area contributed by atoms with Gasteiger partial charge in [-0.2, -0.15) is 8.75 Å². The number of fused-ring (bicyclic) bond motifs is 12. The van der Waals surface area contributed by atoms with Crippen LogP contribution in [0.2, 0.25) is 0 Å². The molecular formula is C70H94N8O9S2+2. The fourth-order valence-electron chi connectivity index (χ4n) is 18.6. The summed E-state index contributed by atoms with van der Waals surface area (Å²) in [6.07, 6.45) is 24.7. The lowest BCUT2D eigenvalue weighted by atomic mass is 9.78. The fourth-order valence-corrected chi connectivity index (χ4v) is 20.2. The summed E-state index contributed by atoms with van der Waals surface area (Å²) >= 11 is 3.09. The van der Waals surface area contributed by atoms with E-state index in [1.807, 2.05) is 31.2 Å². The van der Waals surface area contributed by atoms with Crippen LogP contribution >= 0.6 is 23.1 Å². The molecule has 4 bridgehead atoms. The monoisotopic (exact) mass is 1250 g/mol. The molecule has 10 fully saturated rings. The van der Waals surface area contributed by atoms with E-state index < -0.39 is 6.16 Å². The number of anilines is 2. The van der Waals surface area contributed by atoms with Gasteiger partial charge in [0.25, 0.3) is 0 Å². The van der Waals surface area contributed by atoms with Crippen molar-refractivity contribution in [3.63, 3.8) is 0 Å². The number of rotatable bonds is 20. The lowest BCUT2D eigenvalue weighted by Crippen LogP contribution is -2.63. The molecule has 17 nitrogen and oxygen atoms in total. The number of hydrogen-bond donors (Lipinski definition) is 0. The van der Waals surface area contributed by atoms with Crippen molar-refractivity contribution in [2.45, 2.75) is 123 Å². The van der Waals surface area contributed by atoms with Crippen molar-refractivity contribution < 1.29 is 51.9 Å². The van der Waals surface area contributed by atoms with Gasteiger partial charge in [0.15, 0.2) is 11.6 Å². The number of allylic oxidation sites excluding steroid dienone is 2. The number of quaternary nitrogens is 2. The normalized spacial score (nSPS) is 31.1. The second-order valence-electron chi connectivity index (χ2n) is 28.3. The molecule has 12 unspecified atom stereocenters. The van der Waals surface area contributed by atoms with Gasteiger partial charge in [-0.05, 0) is 160 Å². The maximum atomic E-state index is 13.6. The molecule has 14 rings (SSSR count). The molecule has 12 atom stereocenters. The molecule has 4 saturated heterocycles. The van der Waals surface area contributed by atoms with Crippen LogP contribution in [-0.2, 0) is 38.2 Å². The largest absolute Gasteiger partial charge is 0.512 e. The van der Waals surface area contributed by atoms with Crippen LogP contribution in [0.1, 0.15) is 123 Å². The highest BCUT2D eigenvalue weighted by Crippen LogP contribution is 2.58. The van der Waals surface area contributed by atoms with E-state index in [9.17, 15) is 28.8 Å². The standard InChI is InChI=1S/C35H47N4O5S.C35H47N4O4S/c1-2-3-8-19-43-35(42)44-23-39(17-15-37(16-18-39)32-28-11-6-7-12-29(28)45-36-32)22-27-10-5-4-9-26(27)21-38-33(40)30-24-13-14-25(20-24)31(30)34(38)41;1-2-3-4-13-30(40)43-23-39(18-16-37(17-19-39)33-28-11-7-8-12-29(28)44-36-33)22-27-10-6-5-9-26(27)21-38-34(41)31-24-14-15-25(20-24)32(31)35(38)42/h3,6-8,11-12,24-27,30-31H,2,4-5,9-10,13-23H2,1H3;3-4,7-8,11-12,24-27,31-32H,2,5-6,9-10,13-23H2,1H3/q2*+1/b8-3+;4-3+. The van der Waals surface area contributed by atoms with Gasteiger partial charge in [0.2, 0.25) is 37.1 Å². The number of nitrogens with zero attached hydrogens (tertiary/aromatic N) is 8. The molecule has 4 aliphatic heterocycles. The van der Waals surface area contributed by atoms with Gasteiger partial charge in [0, 0.05) is 35.7 Å². The molecule has 6 aliphatic carbocycles. The Kier molecular flexibility index (Phi) is 19.0. The Hall–Kier alpha value is -5.76.